The third kappa shape index (κ3) is 5.72. The first kappa shape index (κ1) is 17.5. The second-order valence-corrected chi connectivity index (χ2v) is 6.66. The van der Waals surface area contributed by atoms with E-state index in [0.717, 1.165) is 21.9 Å². The number of hydrogen-bond donors (Lipinski definition) is 2. The summed E-state index contributed by atoms with van der Waals surface area (Å²) in [6.07, 6.45) is 0.402. The highest BCUT2D eigenvalue weighted by Gasteiger charge is 2.09. The van der Waals surface area contributed by atoms with Crippen LogP contribution in [0.1, 0.15) is 5.56 Å². The van der Waals surface area contributed by atoms with E-state index < -0.39 is 6.10 Å². The minimum atomic E-state index is -0.547. The van der Waals surface area contributed by atoms with Crippen molar-refractivity contribution in [1.29, 1.82) is 0 Å². The maximum Gasteiger partial charge on any atom is 0.147 e. The van der Waals surface area contributed by atoms with Crippen molar-refractivity contribution >= 4 is 31.9 Å². The molecule has 0 aliphatic rings. The van der Waals surface area contributed by atoms with Crippen LogP contribution >= 0.6 is 31.9 Å². The van der Waals surface area contributed by atoms with Gasteiger partial charge in [-0.3, -0.25) is 0 Å². The second-order valence-electron chi connectivity index (χ2n) is 4.96. The van der Waals surface area contributed by atoms with E-state index in [9.17, 15) is 5.11 Å². The molecule has 2 aromatic carbocycles. The summed E-state index contributed by atoms with van der Waals surface area (Å²) in [6.45, 7) is 1.59. The van der Waals surface area contributed by atoms with E-state index in [-0.39, 0.29) is 6.61 Å². The summed E-state index contributed by atoms with van der Waals surface area (Å²) >= 11 is 6.87. The van der Waals surface area contributed by atoms with Crippen LogP contribution in [0.2, 0.25) is 0 Å². The standard InChI is InChI=1S/C17H19Br2NO2/c18-15-7-4-8-16(19)17(15)22-12-14(21)11-20-10-9-13-5-2-1-3-6-13/h1-8,14,20-21H,9-12H2. The molecule has 0 radical (unpaired) electrons. The van der Waals surface area contributed by atoms with E-state index in [2.05, 4.69) is 49.3 Å². The Kier molecular flexibility index (Phi) is 7.39. The molecule has 0 aromatic heterocycles. The lowest BCUT2D eigenvalue weighted by Gasteiger charge is -2.15. The maximum absolute atomic E-state index is 9.97. The Balaban J connectivity index is 1.67. The predicted molar refractivity (Wildman–Crippen MR) is 96.4 cm³/mol. The minimum Gasteiger partial charge on any atom is -0.488 e. The van der Waals surface area contributed by atoms with Crippen molar-refractivity contribution in [3.8, 4) is 5.75 Å². The van der Waals surface area contributed by atoms with Crippen LogP contribution in [-0.2, 0) is 6.42 Å². The van der Waals surface area contributed by atoms with Gasteiger partial charge >= 0.3 is 0 Å². The molecule has 0 aliphatic heterocycles. The molecule has 0 fully saturated rings. The first-order chi connectivity index (χ1) is 10.7. The number of aliphatic hydroxyl groups excluding tert-OH is 1. The molecule has 0 heterocycles. The van der Waals surface area contributed by atoms with E-state index in [1.807, 2.05) is 36.4 Å². The Hall–Kier alpha value is -0.880. The summed E-state index contributed by atoms with van der Waals surface area (Å²) in [5.74, 6) is 0.714. The van der Waals surface area contributed by atoms with Crippen LogP contribution in [0.5, 0.6) is 5.75 Å². The van der Waals surface area contributed by atoms with Gasteiger partial charge in [0.25, 0.3) is 0 Å². The van der Waals surface area contributed by atoms with Crippen LogP contribution in [0.25, 0.3) is 0 Å². The molecule has 0 aliphatic carbocycles. The molecule has 0 amide bonds. The highest BCUT2D eigenvalue weighted by molar-refractivity contribution is 9.11. The van der Waals surface area contributed by atoms with Gasteiger partial charge in [-0.15, -0.1) is 0 Å². The highest BCUT2D eigenvalue weighted by Crippen LogP contribution is 2.32. The van der Waals surface area contributed by atoms with Gasteiger partial charge in [-0.1, -0.05) is 36.4 Å². The van der Waals surface area contributed by atoms with E-state index in [4.69, 9.17) is 4.74 Å². The summed E-state index contributed by atoms with van der Waals surface area (Å²) < 4.78 is 7.39. The van der Waals surface area contributed by atoms with Crippen LogP contribution in [0.15, 0.2) is 57.5 Å². The Bertz CT molecular complexity index is 558. The van der Waals surface area contributed by atoms with Crippen LogP contribution in [-0.4, -0.2) is 30.9 Å². The largest absolute Gasteiger partial charge is 0.488 e. The summed E-state index contributed by atoms with van der Waals surface area (Å²) in [4.78, 5) is 0. The van der Waals surface area contributed by atoms with Crippen molar-refractivity contribution in [2.45, 2.75) is 12.5 Å². The lowest BCUT2D eigenvalue weighted by Crippen LogP contribution is -2.32. The zero-order valence-electron chi connectivity index (χ0n) is 12.1. The number of nitrogens with one attached hydrogen (secondary N) is 1. The molecule has 2 N–H and O–H groups in total. The monoisotopic (exact) mass is 427 g/mol. The molecule has 5 heteroatoms. The third-order valence-corrected chi connectivity index (χ3v) is 4.40. The van der Waals surface area contributed by atoms with Crippen molar-refractivity contribution in [2.75, 3.05) is 19.7 Å². The van der Waals surface area contributed by atoms with Gasteiger partial charge in [0.2, 0.25) is 0 Å². The number of rotatable bonds is 8. The maximum atomic E-state index is 9.97. The van der Waals surface area contributed by atoms with Gasteiger partial charge in [-0.25, -0.2) is 0 Å². The first-order valence-corrected chi connectivity index (χ1v) is 8.75. The zero-order chi connectivity index (χ0) is 15.8. The van der Waals surface area contributed by atoms with Gasteiger partial charge < -0.3 is 15.2 Å². The Morgan fingerprint density at radius 2 is 1.68 bits per heavy atom. The first-order valence-electron chi connectivity index (χ1n) is 7.16. The van der Waals surface area contributed by atoms with Gasteiger partial charge in [0, 0.05) is 6.54 Å². The number of ether oxygens (including phenoxy) is 1. The van der Waals surface area contributed by atoms with E-state index in [1.165, 1.54) is 5.56 Å². The molecule has 0 saturated heterocycles. The van der Waals surface area contributed by atoms with Gasteiger partial charge in [0.1, 0.15) is 18.5 Å². The molecule has 1 unspecified atom stereocenters. The normalized spacial score (nSPS) is 12.1. The summed E-state index contributed by atoms with van der Waals surface area (Å²) in [7, 11) is 0. The lowest BCUT2D eigenvalue weighted by atomic mass is 10.1. The molecule has 3 nitrogen and oxygen atoms in total. The van der Waals surface area contributed by atoms with Crippen LogP contribution in [0.3, 0.4) is 0 Å². The number of para-hydroxylation sites is 1. The molecule has 118 valence electrons. The summed E-state index contributed by atoms with van der Waals surface area (Å²) in [5.41, 5.74) is 1.29. The van der Waals surface area contributed by atoms with Gasteiger partial charge in [0.05, 0.1) is 8.95 Å². The molecule has 2 aromatic rings. The van der Waals surface area contributed by atoms with Crippen LogP contribution in [0, 0.1) is 0 Å². The van der Waals surface area contributed by atoms with Gasteiger partial charge in [0.15, 0.2) is 0 Å². The number of benzene rings is 2. The quantitative estimate of drug-likeness (QED) is 0.628. The topological polar surface area (TPSA) is 41.5 Å². The average Bonchev–Trinajstić information content (AvgIpc) is 2.52. The van der Waals surface area contributed by atoms with Crippen molar-refractivity contribution in [2.24, 2.45) is 0 Å². The third-order valence-electron chi connectivity index (χ3n) is 3.15. The smallest absolute Gasteiger partial charge is 0.147 e. The van der Waals surface area contributed by atoms with Crippen LogP contribution < -0.4 is 10.1 Å². The number of halogens is 2. The predicted octanol–water partition coefficient (Wildman–Crippen LogP) is 3.78. The Morgan fingerprint density at radius 3 is 2.36 bits per heavy atom. The molecule has 1 atom stereocenters. The highest BCUT2D eigenvalue weighted by atomic mass is 79.9. The second kappa shape index (κ2) is 9.30. The van der Waals surface area contributed by atoms with Crippen molar-refractivity contribution < 1.29 is 9.84 Å². The SMILES string of the molecule is OC(CNCCc1ccccc1)COc1c(Br)cccc1Br. The summed E-state index contributed by atoms with van der Waals surface area (Å²) in [5, 5.41) is 13.2. The van der Waals surface area contributed by atoms with E-state index >= 15 is 0 Å². The van der Waals surface area contributed by atoms with Gasteiger partial charge in [-0.2, -0.15) is 0 Å². The van der Waals surface area contributed by atoms with Crippen LogP contribution in [0.4, 0.5) is 0 Å². The van der Waals surface area contributed by atoms with Crippen molar-refractivity contribution in [3.63, 3.8) is 0 Å². The molecule has 22 heavy (non-hydrogen) atoms. The zero-order valence-corrected chi connectivity index (χ0v) is 15.3. The average molecular weight is 429 g/mol. The fourth-order valence-electron chi connectivity index (χ4n) is 2.00. The number of hydrogen-bond acceptors (Lipinski definition) is 3. The van der Waals surface area contributed by atoms with E-state index in [0.29, 0.717) is 12.3 Å². The fourth-order valence-corrected chi connectivity index (χ4v) is 3.23. The Labute approximate surface area is 148 Å². The van der Waals surface area contributed by atoms with Crippen molar-refractivity contribution in [1.82, 2.24) is 5.32 Å². The molecular formula is C17H19Br2NO2. The van der Waals surface area contributed by atoms with Gasteiger partial charge in [-0.05, 0) is 62.5 Å². The Morgan fingerprint density at radius 1 is 1.00 bits per heavy atom. The molecular weight excluding hydrogens is 410 g/mol. The lowest BCUT2D eigenvalue weighted by molar-refractivity contribution is 0.106. The molecule has 0 saturated carbocycles. The minimum absolute atomic E-state index is 0.250. The molecule has 0 bridgehead atoms. The molecule has 0 spiro atoms. The van der Waals surface area contributed by atoms with Crippen molar-refractivity contribution in [3.05, 3.63) is 63.0 Å². The fraction of sp³-hybridized carbons (Fsp3) is 0.294. The molecule has 2 rings (SSSR count). The number of aliphatic hydroxyl groups is 1. The van der Waals surface area contributed by atoms with E-state index in [1.54, 1.807) is 0 Å². The summed E-state index contributed by atoms with van der Waals surface area (Å²) in [6, 6.07) is 16.0.